The number of fused-ring (bicyclic) bond motifs is 2. The largest absolute Gasteiger partial charge is 0.508 e. The fraction of sp³-hybridized carbons (Fsp3) is 0.756. The molecule has 1 aromatic carbocycles. The third kappa shape index (κ3) is 4.73. The zero-order valence-corrected chi connectivity index (χ0v) is 30.4. The average Bonchev–Trinajstić information content (AvgIpc) is 3.58. The normalized spacial score (nSPS) is 42.8. The summed E-state index contributed by atoms with van der Waals surface area (Å²) >= 11 is 0. The van der Waals surface area contributed by atoms with Crippen LogP contribution in [0.25, 0.3) is 0 Å². The lowest BCUT2D eigenvalue weighted by atomic mass is 9.31. The van der Waals surface area contributed by atoms with Gasteiger partial charge in [-0.2, -0.15) is 0 Å². The summed E-state index contributed by atoms with van der Waals surface area (Å²) in [5, 5.41) is 35.9. The SMILES string of the molecule is C[C@H](O)CN[C@H]1C[C@@]23CCC[C@H]4C(=O)C([C@H](C)C[C@@H](O)[C@H]5OC5(C)C)=C(CC[C@@H]2[C@]2(C)C[C@H](c5cccc(O)c5)C(=O)C(C)(C)[C@H]12)[C@]43C. The van der Waals surface area contributed by atoms with Crippen LogP contribution in [-0.2, 0) is 14.3 Å². The van der Waals surface area contributed by atoms with E-state index >= 15 is 0 Å². The Kier molecular flexibility index (Phi) is 8.04. The highest BCUT2D eigenvalue weighted by molar-refractivity contribution is 6.02. The molecule has 5 fully saturated rings. The zero-order valence-electron chi connectivity index (χ0n) is 30.4. The van der Waals surface area contributed by atoms with Crippen molar-refractivity contribution in [1.82, 2.24) is 5.32 Å². The molecule has 1 aliphatic heterocycles. The molecule has 7 heteroatoms. The minimum Gasteiger partial charge on any atom is -0.508 e. The fourth-order valence-corrected chi connectivity index (χ4v) is 13.4. The molecule has 0 radical (unpaired) electrons. The first-order valence-corrected chi connectivity index (χ1v) is 18.8. The van der Waals surface area contributed by atoms with Gasteiger partial charge in [-0.15, -0.1) is 0 Å². The quantitative estimate of drug-likeness (QED) is 0.235. The van der Waals surface area contributed by atoms with Crippen molar-refractivity contribution in [3.8, 4) is 5.75 Å². The predicted octanol–water partition coefficient (Wildman–Crippen LogP) is 6.49. The summed E-state index contributed by atoms with van der Waals surface area (Å²) < 4.78 is 5.79. The highest BCUT2D eigenvalue weighted by Gasteiger charge is 2.75. The highest BCUT2D eigenvalue weighted by atomic mass is 16.6. The number of epoxide rings is 1. The second kappa shape index (κ2) is 11.2. The summed E-state index contributed by atoms with van der Waals surface area (Å²) in [6.45, 7) is 17.6. The van der Waals surface area contributed by atoms with Crippen LogP contribution in [0.2, 0.25) is 0 Å². The molecule has 6 aliphatic rings. The number of nitrogens with one attached hydrogen (secondary N) is 1. The number of benzene rings is 1. The Morgan fingerprint density at radius 2 is 1.73 bits per heavy atom. The number of hydrogen-bond donors (Lipinski definition) is 4. The van der Waals surface area contributed by atoms with Gasteiger partial charge in [-0.3, -0.25) is 9.59 Å². The molecule has 264 valence electrons. The lowest BCUT2D eigenvalue weighted by Crippen LogP contribution is -2.71. The van der Waals surface area contributed by atoms with Crippen LogP contribution in [0.1, 0.15) is 118 Å². The Morgan fingerprint density at radius 1 is 1.02 bits per heavy atom. The van der Waals surface area contributed by atoms with Gasteiger partial charge in [0, 0.05) is 35.3 Å². The van der Waals surface area contributed by atoms with E-state index < -0.39 is 17.6 Å². The number of ketones is 2. The molecule has 1 spiro atoms. The first-order valence-electron chi connectivity index (χ1n) is 18.8. The van der Waals surface area contributed by atoms with Crippen molar-refractivity contribution in [2.45, 2.75) is 143 Å². The standard InChI is InChI=1S/C41H59NO6/c1-22(17-30(45)36-38(5,6)48-36)32-27-14-15-31-39(7)19-26(24-11-9-12-25(44)18-24)35(47)37(3,4)34(39)29(42-21-23(2)43)20-41(31)16-10-13-28(33(32)46)40(27,41)8/h9,11-12,18,22-23,26,28-31,34,36,42-45H,10,13-17,19-21H2,1-8H3/t22-,23+,26-,28+,29+,30-,31-,34+,36-,39+,40-,41+/m1/s1. The first kappa shape index (κ1) is 34.4. The van der Waals surface area contributed by atoms with E-state index in [1.165, 1.54) is 5.57 Å². The molecule has 1 heterocycles. The van der Waals surface area contributed by atoms with Gasteiger partial charge in [0.15, 0.2) is 5.78 Å². The average molecular weight is 662 g/mol. The van der Waals surface area contributed by atoms with Crippen LogP contribution in [-0.4, -0.2) is 63.4 Å². The molecule has 48 heavy (non-hydrogen) atoms. The van der Waals surface area contributed by atoms with Crippen LogP contribution in [0.4, 0.5) is 0 Å². The topological polar surface area (TPSA) is 119 Å². The highest BCUT2D eigenvalue weighted by Crippen LogP contribution is 2.78. The molecule has 7 rings (SSSR count). The van der Waals surface area contributed by atoms with E-state index in [9.17, 15) is 24.9 Å². The summed E-state index contributed by atoms with van der Waals surface area (Å²) in [4.78, 5) is 29.2. The van der Waals surface area contributed by atoms with Crippen molar-refractivity contribution >= 4 is 11.6 Å². The maximum atomic E-state index is 14.7. The number of phenols is 1. The number of aromatic hydroxyl groups is 1. The Morgan fingerprint density at radius 3 is 2.38 bits per heavy atom. The fourth-order valence-electron chi connectivity index (χ4n) is 13.4. The van der Waals surface area contributed by atoms with E-state index in [2.05, 4.69) is 39.9 Å². The van der Waals surface area contributed by atoms with Crippen LogP contribution in [0.3, 0.4) is 0 Å². The Hall–Kier alpha value is -2.06. The van der Waals surface area contributed by atoms with Crippen LogP contribution in [0.15, 0.2) is 35.4 Å². The van der Waals surface area contributed by atoms with Gasteiger partial charge in [-0.05, 0) is 118 Å². The van der Waals surface area contributed by atoms with Crippen molar-refractivity contribution in [1.29, 1.82) is 0 Å². The number of carbonyl (C=O) groups excluding carboxylic acids is 2. The number of aliphatic hydroxyl groups is 2. The number of Topliss-reactive ketones (excluding diaryl/α,β-unsaturated/α-hetero) is 2. The van der Waals surface area contributed by atoms with Gasteiger partial charge >= 0.3 is 0 Å². The molecule has 7 nitrogen and oxygen atoms in total. The zero-order chi connectivity index (χ0) is 34.8. The Bertz CT molecular complexity index is 1530. The van der Waals surface area contributed by atoms with Gasteiger partial charge in [0.1, 0.15) is 17.6 Å². The van der Waals surface area contributed by atoms with E-state index in [-0.39, 0.29) is 69.2 Å². The predicted molar refractivity (Wildman–Crippen MR) is 185 cm³/mol. The number of phenolic OH excluding ortho intramolecular Hbond substituents is 1. The summed E-state index contributed by atoms with van der Waals surface area (Å²) in [7, 11) is 0. The van der Waals surface area contributed by atoms with Gasteiger partial charge < -0.3 is 25.4 Å². The molecule has 12 atom stereocenters. The number of aliphatic hydroxyl groups excluding tert-OH is 2. The second-order valence-corrected chi connectivity index (χ2v) is 18.5. The molecule has 0 aromatic heterocycles. The molecular formula is C41H59NO6. The summed E-state index contributed by atoms with van der Waals surface area (Å²) in [6.07, 6.45) is 5.64. The molecule has 0 amide bonds. The molecule has 1 aromatic rings. The maximum Gasteiger partial charge on any atom is 0.163 e. The van der Waals surface area contributed by atoms with Crippen LogP contribution in [0, 0.1) is 45.3 Å². The summed E-state index contributed by atoms with van der Waals surface area (Å²) in [5.41, 5.74) is 1.62. The van der Waals surface area contributed by atoms with E-state index in [0.717, 1.165) is 49.7 Å². The van der Waals surface area contributed by atoms with Crippen molar-refractivity contribution in [2.75, 3.05) is 6.54 Å². The minimum atomic E-state index is -0.633. The van der Waals surface area contributed by atoms with Crippen molar-refractivity contribution in [3.63, 3.8) is 0 Å². The number of ether oxygens (including phenoxy) is 1. The number of carbonyl (C=O) groups is 2. The van der Waals surface area contributed by atoms with E-state index in [0.29, 0.717) is 31.1 Å². The minimum absolute atomic E-state index is 0.00694. The van der Waals surface area contributed by atoms with Gasteiger partial charge in [0.05, 0.1) is 17.8 Å². The summed E-state index contributed by atoms with van der Waals surface area (Å²) in [6, 6.07) is 7.29. The van der Waals surface area contributed by atoms with Crippen molar-refractivity contribution in [3.05, 3.63) is 41.0 Å². The smallest absolute Gasteiger partial charge is 0.163 e. The van der Waals surface area contributed by atoms with Gasteiger partial charge in [-0.1, -0.05) is 58.7 Å². The molecule has 5 aliphatic carbocycles. The number of hydrogen-bond acceptors (Lipinski definition) is 7. The lowest BCUT2D eigenvalue weighted by Gasteiger charge is -2.73. The van der Waals surface area contributed by atoms with E-state index in [1.54, 1.807) is 12.1 Å². The molecule has 4 saturated carbocycles. The van der Waals surface area contributed by atoms with Crippen molar-refractivity contribution in [2.24, 2.45) is 45.3 Å². The number of allylic oxidation sites excluding steroid dienone is 2. The maximum absolute atomic E-state index is 14.7. The monoisotopic (exact) mass is 661 g/mol. The van der Waals surface area contributed by atoms with Gasteiger partial charge in [-0.25, -0.2) is 0 Å². The van der Waals surface area contributed by atoms with Gasteiger partial charge in [0.25, 0.3) is 0 Å². The third-order valence-corrected chi connectivity index (χ3v) is 15.0. The van der Waals surface area contributed by atoms with Crippen molar-refractivity contribution < 1.29 is 29.6 Å². The molecule has 1 saturated heterocycles. The van der Waals surface area contributed by atoms with Crippen LogP contribution < -0.4 is 5.32 Å². The second-order valence-electron chi connectivity index (χ2n) is 18.5. The van der Waals surface area contributed by atoms with Crippen LogP contribution in [0.5, 0.6) is 5.75 Å². The first-order chi connectivity index (χ1) is 22.4. The van der Waals surface area contributed by atoms with E-state index in [1.807, 2.05) is 32.9 Å². The number of rotatable bonds is 8. The summed E-state index contributed by atoms with van der Waals surface area (Å²) in [5.74, 6) is 0.667. The lowest BCUT2D eigenvalue weighted by molar-refractivity contribution is -0.215. The van der Waals surface area contributed by atoms with Gasteiger partial charge in [0.2, 0.25) is 0 Å². The Balaban J connectivity index is 1.34. The molecular weight excluding hydrogens is 602 g/mol. The van der Waals surface area contributed by atoms with E-state index in [4.69, 9.17) is 4.74 Å². The third-order valence-electron chi connectivity index (χ3n) is 15.0. The molecule has 0 bridgehead atoms. The molecule has 4 N–H and O–H groups in total. The van der Waals surface area contributed by atoms with Crippen LogP contribution >= 0.6 is 0 Å². The molecule has 0 unspecified atom stereocenters. The Labute approximate surface area is 287 Å².